The Morgan fingerprint density at radius 3 is 2.47 bits per heavy atom. The highest BCUT2D eigenvalue weighted by Crippen LogP contribution is 2.28. The Morgan fingerprint density at radius 1 is 1.33 bits per heavy atom. The zero-order valence-electron chi connectivity index (χ0n) is 17.3. The summed E-state index contributed by atoms with van der Waals surface area (Å²) < 4.78 is 47.2. The van der Waals surface area contributed by atoms with Gasteiger partial charge in [-0.3, -0.25) is 0 Å². The van der Waals surface area contributed by atoms with Gasteiger partial charge in [0.1, 0.15) is 5.60 Å². The normalized spacial score (nSPS) is 17.1. The second-order valence-corrected chi connectivity index (χ2v) is 7.70. The molecule has 0 radical (unpaired) electrons. The number of amides is 1. The van der Waals surface area contributed by atoms with E-state index in [1.807, 2.05) is 20.8 Å². The Morgan fingerprint density at radius 2 is 1.97 bits per heavy atom. The first-order valence-electron chi connectivity index (χ1n) is 9.26. The lowest BCUT2D eigenvalue weighted by Gasteiger charge is -2.32. The van der Waals surface area contributed by atoms with Crippen LogP contribution in [0.3, 0.4) is 0 Å². The monoisotopic (exact) mass is 430 g/mol. The molecule has 0 aliphatic carbocycles. The van der Waals surface area contributed by atoms with Crippen molar-refractivity contribution in [2.45, 2.75) is 58.4 Å². The van der Waals surface area contributed by atoms with Crippen LogP contribution in [0.4, 0.5) is 18.0 Å². The first kappa shape index (κ1) is 23.4. The molecular weight excluding hydrogens is 405 g/mol. The number of hydrogen-bond acceptors (Lipinski definition) is 6. The summed E-state index contributed by atoms with van der Waals surface area (Å²) in [6.07, 6.45) is -2.47. The summed E-state index contributed by atoms with van der Waals surface area (Å²) in [6.45, 7) is 11.4. The molecule has 166 valence electrons. The molecule has 0 unspecified atom stereocenters. The number of carbonyl (C=O) groups excluding carboxylic acids is 1. The zero-order valence-corrected chi connectivity index (χ0v) is 17.3. The van der Waals surface area contributed by atoms with E-state index in [1.165, 1.54) is 13.1 Å². The highest BCUT2D eigenvalue weighted by atomic mass is 19.4. The molecule has 1 amide bonds. The molecule has 9 nitrogen and oxygen atoms in total. The summed E-state index contributed by atoms with van der Waals surface area (Å²) in [6, 6.07) is -0.0904. The summed E-state index contributed by atoms with van der Waals surface area (Å²) in [5, 5.41) is 6.08. The quantitative estimate of drug-likeness (QED) is 0.581. The van der Waals surface area contributed by atoms with Crippen molar-refractivity contribution in [2.24, 2.45) is 9.98 Å². The first-order chi connectivity index (χ1) is 13.9. The number of nitrogens with one attached hydrogen (secondary N) is 1. The average molecular weight is 430 g/mol. The van der Waals surface area contributed by atoms with Crippen LogP contribution in [0.5, 0.6) is 0 Å². The minimum atomic E-state index is -4.71. The van der Waals surface area contributed by atoms with Crippen molar-refractivity contribution >= 4 is 24.3 Å². The number of piperidine rings is 1. The predicted octanol–water partition coefficient (Wildman–Crippen LogP) is 3.49. The third-order valence-electron chi connectivity index (χ3n) is 4.01. The average Bonchev–Trinajstić information content (AvgIpc) is 3.14. The van der Waals surface area contributed by atoms with E-state index in [-0.39, 0.29) is 23.9 Å². The Labute approximate surface area is 172 Å². The van der Waals surface area contributed by atoms with Crippen molar-refractivity contribution in [3.63, 3.8) is 0 Å². The summed E-state index contributed by atoms with van der Waals surface area (Å²) in [7, 11) is 0. The van der Waals surface area contributed by atoms with Crippen molar-refractivity contribution in [1.29, 1.82) is 0 Å². The molecule has 0 aromatic carbocycles. The summed E-state index contributed by atoms with van der Waals surface area (Å²) >= 11 is 0. The molecule has 12 heteroatoms. The number of aromatic nitrogens is 2. The minimum absolute atomic E-state index is 0.0904. The topological polar surface area (TPSA) is 105 Å². The molecule has 30 heavy (non-hydrogen) atoms. The fourth-order valence-electron chi connectivity index (χ4n) is 2.54. The Hall–Kier alpha value is -2.92. The van der Waals surface area contributed by atoms with E-state index in [1.54, 1.807) is 4.90 Å². The zero-order chi connectivity index (χ0) is 22.5. The van der Waals surface area contributed by atoms with Crippen LogP contribution in [0.25, 0.3) is 5.57 Å². The number of aliphatic imine (C=N–C) groups is 2. The van der Waals surface area contributed by atoms with Crippen molar-refractivity contribution in [2.75, 3.05) is 13.1 Å². The number of alkyl halides is 3. The Bertz CT molecular complexity index is 818. The van der Waals surface area contributed by atoms with Gasteiger partial charge in [0.25, 0.3) is 0 Å². The fraction of sp³-hybridized carbons (Fsp3) is 0.611. The maximum Gasteiger partial charge on any atom is 0.471 e. The number of likely N-dealkylation sites (tertiary alicyclic amines) is 1. The number of hydrogen-bond donors (Lipinski definition) is 1. The fourth-order valence-corrected chi connectivity index (χ4v) is 2.54. The molecule has 1 fully saturated rings. The van der Waals surface area contributed by atoms with E-state index in [0.717, 1.165) is 0 Å². The van der Waals surface area contributed by atoms with Gasteiger partial charge in [0, 0.05) is 24.9 Å². The number of nitrogens with zero attached hydrogens (tertiary/aromatic N) is 5. The van der Waals surface area contributed by atoms with Crippen LogP contribution in [0, 0.1) is 0 Å². The number of guanidine groups is 1. The van der Waals surface area contributed by atoms with E-state index in [2.05, 4.69) is 36.7 Å². The molecule has 0 spiro atoms. The van der Waals surface area contributed by atoms with E-state index in [4.69, 9.17) is 4.74 Å². The number of allylic oxidation sites excluding steroid dienone is 1. The van der Waals surface area contributed by atoms with Gasteiger partial charge in [-0.15, -0.1) is 0 Å². The van der Waals surface area contributed by atoms with E-state index < -0.39 is 17.7 Å². The molecular formula is C18H25F3N6O3. The molecule has 1 aromatic rings. The molecule has 0 bridgehead atoms. The largest absolute Gasteiger partial charge is 0.471 e. The highest BCUT2D eigenvalue weighted by Gasteiger charge is 2.38. The second-order valence-electron chi connectivity index (χ2n) is 7.70. The molecule has 1 aliphatic rings. The molecule has 1 aromatic heterocycles. The Kier molecular flexibility index (Phi) is 7.21. The SMILES string of the molecule is C=NC(=NC1CCN(C(=O)OC(C)(C)C)CC1)N/C=C(\C)c1noc(C(F)(F)F)n1. The van der Waals surface area contributed by atoms with E-state index in [9.17, 15) is 18.0 Å². The molecule has 1 aliphatic heterocycles. The van der Waals surface area contributed by atoms with Crippen molar-refractivity contribution in [3.05, 3.63) is 17.9 Å². The Balaban J connectivity index is 1.93. The second kappa shape index (κ2) is 9.26. The molecule has 1 saturated heterocycles. The molecule has 1 N–H and O–H groups in total. The number of rotatable bonds is 3. The maximum absolute atomic E-state index is 12.5. The molecule has 0 saturated carbocycles. The van der Waals surface area contributed by atoms with Gasteiger partial charge < -0.3 is 19.5 Å². The van der Waals surface area contributed by atoms with Crippen molar-refractivity contribution in [3.8, 4) is 0 Å². The van der Waals surface area contributed by atoms with Gasteiger partial charge in [-0.25, -0.2) is 14.8 Å². The van der Waals surface area contributed by atoms with Crippen LogP contribution in [-0.4, -0.2) is 58.5 Å². The first-order valence-corrected chi connectivity index (χ1v) is 9.26. The predicted molar refractivity (Wildman–Crippen MR) is 104 cm³/mol. The third kappa shape index (κ3) is 6.85. The van der Waals surface area contributed by atoms with Gasteiger partial charge in [-0.2, -0.15) is 18.2 Å². The lowest BCUT2D eigenvalue weighted by atomic mass is 10.1. The molecule has 2 heterocycles. The molecule has 0 atom stereocenters. The van der Waals surface area contributed by atoms with Gasteiger partial charge in [-0.05, 0) is 47.3 Å². The third-order valence-corrected chi connectivity index (χ3v) is 4.01. The van der Waals surface area contributed by atoms with Crippen LogP contribution < -0.4 is 5.32 Å². The lowest BCUT2D eigenvalue weighted by Crippen LogP contribution is -2.42. The van der Waals surface area contributed by atoms with Crippen LogP contribution >= 0.6 is 0 Å². The van der Waals surface area contributed by atoms with Crippen molar-refractivity contribution in [1.82, 2.24) is 20.4 Å². The van der Waals surface area contributed by atoms with Crippen molar-refractivity contribution < 1.29 is 27.2 Å². The van der Waals surface area contributed by atoms with Gasteiger partial charge in [-0.1, -0.05) is 5.16 Å². The standard InChI is InChI=1S/C18H25F3N6O3/c1-11(13-25-14(30-26-13)18(19,20)21)10-23-15(22-5)24-12-6-8-27(9-7-12)16(28)29-17(2,3)4/h10,12H,5-9H2,1-4H3,(H,23,24)/b11-10+. The summed E-state index contributed by atoms with van der Waals surface area (Å²) in [4.78, 5) is 25.3. The smallest absolute Gasteiger partial charge is 0.444 e. The lowest BCUT2D eigenvalue weighted by molar-refractivity contribution is -0.159. The van der Waals surface area contributed by atoms with Crippen LogP contribution in [0.1, 0.15) is 52.3 Å². The van der Waals surface area contributed by atoms with Gasteiger partial charge in [0.15, 0.2) is 5.82 Å². The minimum Gasteiger partial charge on any atom is -0.444 e. The highest BCUT2D eigenvalue weighted by molar-refractivity contribution is 5.86. The van der Waals surface area contributed by atoms with Gasteiger partial charge >= 0.3 is 18.2 Å². The number of ether oxygens (including phenoxy) is 1. The summed E-state index contributed by atoms with van der Waals surface area (Å²) in [5.74, 6) is -1.42. The van der Waals surface area contributed by atoms with Gasteiger partial charge in [0.2, 0.25) is 5.96 Å². The van der Waals surface area contributed by atoms with Gasteiger partial charge in [0.05, 0.1) is 6.04 Å². The summed E-state index contributed by atoms with van der Waals surface area (Å²) in [5.41, 5.74) is -0.259. The van der Waals surface area contributed by atoms with Crippen LogP contribution in [-0.2, 0) is 10.9 Å². The van der Waals surface area contributed by atoms with E-state index in [0.29, 0.717) is 31.5 Å². The van der Waals surface area contributed by atoms with Crippen LogP contribution in [0.15, 0.2) is 20.7 Å². The number of carbonyl (C=O) groups is 1. The molecule has 2 rings (SSSR count). The van der Waals surface area contributed by atoms with Crippen LogP contribution in [0.2, 0.25) is 0 Å². The maximum atomic E-state index is 12.5. The van der Waals surface area contributed by atoms with E-state index >= 15 is 0 Å². The number of halogens is 3.